The number of aromatic nitrogens is 2. The highest BCUT2D eigenvalue weighted by molar-refractivity contribution is 6.30. The number of nitrogens with two attached hydrogens (primary N) is 1. The number of benzene rings is 1. The van der Waals surface area contributed by atoms with E-state index in [1.807, 2.05) is 24.3 Å². The molecule has 1 aromatic carbocycles. The topological polar surface area (TPSA) is 51.8 Å². The van der Waals surface area contributed by atoms with Crippen molar-refractivity contribution >= 4 is 17.4 Å². The molecule has 2 N–H and O–H groups in total. The number of hydrogen-bond donors (Lipinski definition) is 1. The summed E-state index contributed by atoms with van der Waals surface area (Å²) in [5.41, 5.74) is 7.61. The Kier molecular flexibility index (Phi) is 3.29. The Bertz CT molecular complexity index is 538. The SMILES string of the molecule is CC(C)c1cc(N)nc(-c2cccc(Cl)c2)n1. The summed E-state index contributed by atoms with van der Waals surface area (Å²) < 4.78 is 0. The molecular weight excluding hydrogens is 234 g/mol. The van der Waals surface area contributed by atoms with E-state index in [-0.39, 0.29) is 0 Å². The predicted octanol–water partition coefficient (Wildman–Crippen LogP) is 3.50. The van der Waals surface area contributed by atoms with Crippen molar-refractivity contribution in [2.75, 3.05) is 5.73 Å². The highest BCUT2D eigenvalue weighted by atomic mass is 35.5. The smallest absolute Gasteiger partial charge is 0.161 e. The summed E-state index contributed by atoms with van der Waals surface area (Å²) in [7, 11) is 0. The standard InChI is InChI=1S/C13H14ClN3/c1-8(2)11-7-12(15)17-13(16-11)9-4-3-5-10(14)6-9/h3-8H,1-2H3,(H2,15,16,17). The summed E-state index contributed by atoms with van der Waals surface area (Å²) in [5, 5.41) is 0.666. The number of hydrogen-bond acceptors (Lipinski definition) is 3. The first-order valence-corrected chi connectivity index (χ1v) is 5.84. The predicted molar refractivity (Wildman–Crippen MR) is 71.0 cm³/mol. The van der Waals surface area contributed by atoms with Crippen LogP contribution in [0, 0.1) is 0 Å². The lowest BCUT2D eigenvalue weighted by Crippen LogP contribution is -2.01. The summed E-state index contributed by atoms with van der Waals surface area (Å²) in [6.45, 7) is 4.15. The minimum absolute atomic E-state index is 0.318. The number of anilines is 1. The lowest BCUT2D eigenvalue weighted by atomic mass is 10.1. The Hall–Kier alpha value is -1.61. The van der Waals surface area contributed by atoms with E-state index in [4.69, 9.17) is 17.3 Å². The van der Waals surface area contributed by atoms with Crippen LogP contribution in [0.3, 0.4) is 0 Å². The first-order chi connectivity index (χ1) is 8.06. The molecule has 0 amide bonds. The van der Waals surface area contributed by atoms with Crippen LogP contribution in [0.2, 0.25) is 5.02 Å². The van der Waals surface area contributed by atoms with Crippen molar-refractivity contribution in [2.45, 2.75) is 19.8 Å². The summed E-state index contributed by atoms with van der Waals surface area (Å²) >= 11 is 5.95. The second kappa shape index (κ2) is 4.72. The van der Waals surface area contributed by atoms with Gasteiger partial charge in [0.25, 0.3) is 0 Å². The lowest BCUT2D eigenvalue weighted by molar-refractivity contribution is 0.818. The van der Waals surface area contributed by atoms with Crippen LogP contribution in [0.15, 0.2) is 30.3 Å². The van der Waals surface area contributed by atoms with Gasteiger partial charge in [-0.3, -0.25) is 0 Å². The molecule has 0 fully saturated rings. The normalized spacial score (nSPS) is 10.8. The van der Waals surface area contributed by atoms with Gasteiger partial charge in [0.15, 0.2) is 5.82 Å². The monoisotopic (exact) mass is 247 g/mol. The molecule has 2 aromatic rings. The van der Waals surface area contributed by atoms with Gasteiger partial charge in [-0.2, -0.15) is 0 Å². The van der Waals surface area contributed by atoms with E-state index in [1.54, 1.807) is 6.07 Å². The highest BCUT2D eigenvalue weighted by Crippen LogP contribution is 2.22. The molecule has 1 aromatic heterocycles. The molecule has 88 valence electrons. The fourth-order valence-electron chi connectivity index (χ4n) is 1.54. The van der Waals surface area contributed by atoms with Crippen molar-refractivity contribution in [1.29, 1.82) is 0 Å². The minimum Gasteiger partial charge on any atom is -0.384 e. The van der Waals surface area contributed by atoms with Gasteiger partial charge in [-0.15, -0.1) is 0 Å². The Morgan fingerprint density at radius 2 is 1.94 bits per heavy atom. The van der Waals surface area contributed by atoms with Crippen molar-refractivity contribution in [2.24, 2.45) is 0 Å². The molecule has 0 aliphatic carbocycles. The van der Waals surface area contributed by atoms with Gasteiger partial charge >= 0.3 is 0 Å². The zero-order chi connectivity index (χ0) is 12.4. The Morgan fingerprint density at radius 1 is 1.18 bits per heavy atom. The molecule has 4 heteroatoms. The fourth-order valence-corrected chi connectivity index (χ4v) is 1.73. The minimum atomic E-state index is 0.318. The van der Waals surface area contributed by atoms with E-state index < -0.39 is 0 Å². The van der Waals surface area contributed by atoms with E-state index in [1.165, 1.54) is 0 Å². The first kappa shape index (κ1) is 11.9. The summed E-state index contributed by atoms with van der Waals surface area (Å²) in [5.74, 6) is 1.42. The second-order valence-corrected chi connectivity index (χ2v) is 4.64. The molecule has 0 spiro atoms. The van der Waals surface area contributed by atoms with Crippen LogP contribution >= 0.6 is 11.6 Å². The molecule has 3 nitrogen and oxygen atoms in total. The third-order valence-corrected chi connectivity index (χ3v) is 2.68. The molecule has 0 saturated heterocycles. The van der Waals surface area contributed by atoms with Crippen LogP contribution in [0.5, 0.6) is 0 Å². The largest absolute Gasteiger partial charge is 0.384 e. The molecule has 0 atom stereocenters. The van der Waals surface area contributed by atoms with Gasteiger partial charge in [-0.25, -0.2) is 9.97 Å². The van der Waals surface area contributed by atoms with Gasteiger partial charge in [-0.05, 0) is 18.1 Å². The van der Waals surface area contributed by atoms with Gasteiger partial charge in [0.1, 0.15) is 5.82 Å². The number of halogens is 1. The Morgan fingerprint density at radius 3 is 2.59 bits per heavy atom. The van der Waals surface area contributed by atoms with Crippen LogP contribution in [-0.2, 0) is 0 Å². The van der Waals surface area contributed by atoms with E-state index in [0.717, 1.165) is 11.3 Å². The number of rotatable bonds is 2. The van der Waals surface area contributed by atoms with Gasteiger partial charge in [0, 0.05) is 22.3 Å². The van der Waals surface area contributed by atoms with Crippen molar-refractivity contribution in [1.82, 2.24) is 9.97 Å². The first-order valence-electron chi connectivity index (χ1n) is 5.46. The molecule has 0 saturated carbocycles. The number of nitrogens with zero attached hydrogens (tertiary/aromatic N) is 2. The second-order valence-electron chi connectivity index (χ2n) is 4.21. The molecule has 0 radical (unpaired) electrons. The highest BCUT2D eigenvalue weighted by Gasteiger charge is 2.08. The maximum absolute atomic E-state index is 5.95. The molecule has 0 aliphatic rings. The average molecular weight is 248 g/mol. The Balaban J connectivity index is 2.52. The van der Waals surface area contributed by atoms with Gasteiger partial charge in [0.05, 0.1) is 0 Å². The average Bonchev–Trinajstić information content (AvgIpc) is 2.28. The zero-order valence-corrected chi connectivity index (χ0v) is 10.6. The molecular formula is C13H14ClN3. The molecule has 0 bridgehead atoms. The Labute approximate surface area is 106 Å². The van der Waals surface area contributed by atoms with E-state index in [0.29, 0.717) is 22.6 Å². The summed E-state index contributed by atoms with van der Waals surface area (Å²) in [4.78, 5) is 8.73. The molecule has 1 heterocycles. The van der Waals surface area contributed by atoms with Crippen molar-refractivity contribution in [3.63, 3.8) is 0 Å². The summed E-state index contributed by atoms with van der Waals surface area (Å²) in [6, 6.07) is 9.25. The van der Waals surface area contributed by atoms with Gasteiger partial charge in [0.2, 0.25) is 0 Å². The molecule has 0 unspecified atom stereocenters. The van der Waals surface area contributed by atoms with Gasteiger partial charge in [-0.1, -0.05) is 37.6 Å². The van der Waals surface area contributed by atoms with E-state index in [2.05, 4.69) is 23.8 Å². The van der Waals surface area contributed by atoms with E-state index >= 15 is 0 Å². The third-order valence-electron chi connectivity index (χ3n) is 2.44. The molecule has 2 rings (SSSR count). The van der Waals surface area contributed by atoms with Crippen LogP contribution < -0.4 is 5.73 Å². The van der Waals surface area contributed by atoms with Crippen LogP contribution in [0.1, 0.15) is 25.5 Å². The zero-order valence-electron chi connectivity index (χ0n) is 9.81. The molecule has 17 heavy (non-hydrogen) atoms. The van der Waals surface area contributed by atoms with Crippen LogP contribution in [-0.4, -0.2) is 9.97 Å². The van der Waals surface area contributed by atoms with Gasteiger partial charge < -0.3 is 5.73 Å². The maximum Gasteiger partial charge on any atom is 0.161 e. The van der Waals surface area contributed by atoms with E-state index in [9.17, 15) is 0 Å². The number of nitrogen functional groups attached to an aromatic ring is 1. The van der Waals surface area contributed by atoms with Crippen LogP contribution in [0.4, 0.5) is 5.82 Å². The third kappa shape index (κ3) is 2.74. The van der Waals surface area contributed by atoms with Crippen molar-refractivity contribution < 1.29 is 0 Å². The lowest BCUT2D eigenvalue weighted by Gasteiger charge is -2.08. The van der Waals surface area contributed by atoms with Crippen molar-refractivity contribution in [3.8, 4) is 11.4 Å². The summed E-state index contributed by atoms with van der Waals surface area (Å²) in [6.07, 6.45) is 0. The molecule has 0 aliphatic heterocycles. The fraction of sp³-hybridized carbons (Fsp3) is 0.231. The van der Waals surface area contributed by atoms with Crippen molar-refractivity contribution in [3.05, 3.63) is 41.0 Å². The quantitative estimate of drug-likeness (QED) is 0.884. The van der Waals surface area contributed by atoms with Crippen LogP contribution in [0.25, 0.3) is 11.4 Å². The maximum atomic E-state index is 5.95.